The van der Waals surface area contributed by atoms with E-state index in [9.17, 15) is 19.2 Å². The summed E-state index contributed by atoms with van der Waals surface area (Å²) in [6, 6.07) is 12.9. The van der Waals surface area contributed by atoms with Crippen molar-refractivity contribution in [2.45, 2.75) is 97.9 Å². The number of alkyl carbamates (subject to hydrolysis) is 1. The van der Waals surface area contributed by atoms with Gasteiger partial charge in [-0.1, -0.05) is 80.3 Å². The molecule has 2 rings (SSSR count). The minimum absolute atomic E-state index is 0.251. The maximum Gasteiger partial charge on any atom is 0.408 e. The molecule has 0 spiro atoms. The largest absolute Gasteiger partial charge is 0.444 e. The van der Waals surface area contributed by atoms with Crippen molar-refractivity contribution >= 4 is 23.8 Å². The highest BCUT2D eigenvalue weighted by Gasteiger charge is 2.37. The summed E-state index contributed by atoms with van der Waals surface area (Å²) in [6.07, 6.45) is 2.18. The number of benzene rings is 2. The molecular weight excluding hydrogens is 520 g/mol. The average Bonchev–Trinajstić information content (AvgIpc) is 2.88. The highest BCUT2D eigenvalue weighted by Crippen LogP contribution is 2.27. The summed E-state index contributed by atoms with van der Waals surface area (Å²) in [7, 11) is 0. The zero-order chi connectivity index (χ0) is 30.6. The van der Waals surface area contributed by atoms with Gasteiger partial charge in [-0.15, -0.1) is 0 Å². The Kier molecular flexibility index (Phi) is 12.8. The summed E-state index contributed by atoms with van der Waals surface area (Å²) in [4.78, 5) is 54.3. The Labute approximate surface area is 244 Å². The van der Waals surface area contributed by atoms with E-state index >= 15 is 0 Å². The highest BCUT2D eigenvalue weighted by molar-refractivity contribution is 5.94. The van der Waals surface area contributed by atoms with E-state index in [1.54, 1.807) is 20.8 Å². The first-order valence-electron chi connectivity index (χ1n) is 14.3. The first-order valence-corrected chi connectivity index (χ1v) is 14.3. The molecule has 0 aromatic heterocycles. The lowest BCUT2D eigenvalue weighted by molar-refractivity contribution is -0.143. The molecule has 0 aliphatic rings. The molecule has 2 aromatic carbocycles. The molecule has 2 atom stereocenters. The van der Waals surface area contributed by atoms with Crippen LogP contribution in [0.4, 0.5) is 4.79 Å². The van der Waals surface area contributed by atoms with Crippen molar-refractivity contribution in [3.63, 3.8) is 0 Å². The van der Waals surface area contributed by atoms with Crippen LogP contribution in [0.25, 0.3) is 0 Å². The van der Waals surface area contributed by atoms with E-state index in [1.807, 2.05) is 62.4 Å². The summed E-state index contributed by atoms with van der Waals surface area (Å²) in [5.74, 6) is -1.70. The van der Waals surface area contributed by atoms with Gasteiger partial charge in [0.05, 0.1) is 6.42 Å². The van der Waals surface area contributed by atoms with Crippen LogP contribution in [0.1, 0.15) is 88.1 Å². The fourth-order valence-corrected chi connectivity index (χ4v) is 4.59. The Balaban J connectivity index is 2.53. The van der Waals surface area contributed by atoms with E-state index in [0.717, 1.165) is 36.0 Å². The van der Waals surface area contributed by atoms with Gasteiger partial charge in [0, 0.05) is 13.1 Å². The Hall–Kier alpha value is -3.88. The molecule has 41 heavy (non-hydrogen) atoms. The van der Waals surface area contributed by atoms with Crippen molar-refractivity contribution in [2.24, 2.45) is 5.73 Å². The normalized spacial score (nSPS) is 12.6. The lowest BCUT2D eigenvalue weighted by Gasteiger charge is -2.35. The third-order valence-corrected chi connectivity index (χ3v) is 6.52. The molecule has 4 N–H and O–H groups in total. The maximum atomic E-state index is 14.2. The fourth-order valence-electron chi connectivity index (χ4n) is 4.59. The van der Waals surface area contributed by atoms with E-state index in [0.29, 0.717) is 12.0 Å². The molecule has 0 bridgehead atoms. The SMILES string of the molecule is CCCCCCN(C(=O)C(CC(N)=O)NC(=O)OC(C)(C)C)C(C(=O)NCc1ccccc1)c1ccc(C)cc1C. The summed E-state index contributed by atoms with van der Waals surface area (Å²) in [5.41, 5.74) is 8.13. The Bertz CT molecular complexity index is 1180. The van der Waals surface area contributed by atoms with Crippen LogP contribution >= 0.6 is 0 Å². The van der Waals surface area contributed by atoms with E-state index in [4.69, 9.17) is 10.5 Å². The van der Waals surface area contributed by atoms with E-state index in [2.05, 4.69) is 17.6 Å². The number of primary amides is 1. The molecule has 0 aliphatic carbocycles. The molecule has 2 unspecified atom stereocenters. The minimum atomic E-state index is -1.30. The van der Waals surface area contributed by atoms with Crippen LogP contribution in [0.2, 0.25) is 0 Å². The number of nitrogens with zero attached hydrogens (tertiary/aromatic N) is 1. The van der Waals surface area contributed by atoms with Gasteiger partial charge in [0.2, 0.25) is 17.7 Å². The number of nitrogens with two attached hydrogens (primary N) is 1. The number of amides is 4. The van der Waals surface area contributed by atoms with Crippen LogP contribution in [0, 0.1) is 13.8 Å². The number of aryl methyl sites for hydroxylation is 2. The molecule has 2 aromatic rings. The molecule has 0 heterocycles. The van der Waals surface area contributed by atoms with Gasteiger partial charge in [0.15, 0.2) is 0 Å². The third kappa shape index (κ3) is 11.3. The van der Waals surface area contributed by atoms with Crippen LogP contribution in [-0.2, 0) is 25.7 Å². The second-order valence-corrected chi connectivity index (χ2v) is 11.4. The van der Waals surface area contributed by atoms with Gasteiger partial charge >= 0.3 is 6.09 Å². The summed E-state index contributed by atoms with van der Waals surface area (Å²) in [5, 5.41) is 5.52. The number of unbranched alkanes of at least 4 members (excludes halogenated alkanes) is 3. The molecule has 0 aliphatic heterocycles. The molecule has 9 heteroatoms. The summed E-state index contributed by atoms with van der Waals surface area (Å²) >= 11 is 0. The van der Waals surface area contributed by atoms with Crippen molar-refractivity contribution in [3.05, 3.63) is 70.8 Å². The molecule has 0 fully saturated rings. The van der Waals surface area contributed by atoms with Crippen LogP contribution < -0.4 is 16.4 Å². The monoisotopic (exact) mass is 566 g/mol. The van der Waals surface area contributed by atoms with Gasteiger partial charge in [-0.05, 0) is 57.7 Å². The van der Waals surface area contributed by atoms with E-state index in [1.165, 1.54) is 4.90 Å². The van der Waals surface area contributed by atoms with Gasteiger partial charge in [-0.2, -0.15) is 0 Å². The Morgan fingerprint density at radius 1 is 0.976 bits per heavy atom. The average molecular weight is 567 g/mol. The van der Waals surface area contributed by atoms with Crippen LogP contribution in [0.3, 0.4) is 0 Å². The lowest BCUT2D eigenvalue weighted by atomic mass is 9.95. The quantitative estimate of drug-likeness (QED) is 0.282. The number of hydrogen-bond acceptors (Lipinski definition) is 5. The van der Waals surface area contributed by atoms with Crippen molar-refractivity contribution < 1.29 is 23.9 Å². The number of carbonyl (C=O) groups excluding carboxylic acids is 4. The van der Waals surface area contributed by atoms with Gasteiger partial charge in [0.25, 0.3) is 0 Å². The second-order valence-electron chi connectivity index (χ2n) is 11.4. The molecule has 0 saturated heterocycles. The Morgan fingerprint density at radius 3 is 2.24 bits per heavy atom. The lowest BCUT2D eigenvalue weighted by Crippen LogP contribution is -2.54. The zero-order valence-corrected chi connectivity index (χ0v) is 25.3. The maximum absolute atomic E-state index is 14.2. The van der Waals surface area contributed by atoms with Gasteiger partial charge in [-0.25, -0.2) is 4.79 Å². The predicted molar refractivity (Wildman–Crippen MR) is 160 cm³/mol. The fraction of sp³-hybridized carbons (Fsp3) is 0.500. The number of ether oxygens (including phenoxy) is 1. The summed E-state index contributed by atoms with van der Waals surface area (Å²) < 4.78 is 5.35. The topological polar surface area (TPSA) is 131 Å². The van der Waals surface area contributed by atoms with E-state index < -0.39 is 42.0 Å². The van der Waals surface area contributed by atoms with Crippen molar-refractivity contribution in [1.82, 2.24) is 15.5 Å². The molecule has 0 saturated carbocycles. The van der Waals surface area contributed by atoms with Gasteiger partial charge in [-0.3, -0.25) is 14.4 Å². The smallest absolute Gasteiger partial charge is 0.408 e. The molecular formula is C32H46N4O5. The number of hydrogen-bond donors (Lipinski definition) is 3. The van der Waals surface area contributed by atoms with Crippen LogP contribution in [0.15, 0.2) is 48.5 Å². The van der Waals surface area contributed by atoms with Crippen LogP contribution in [-0.4, -0.2) is 46.9 Å². The van der Waals surface area contributed by atoms with E-state index in [-0.39, 0.29) is 19.0 Å². The van der Waals surface area contributed by atoms with Crippen molar-refractivity contribution in [2.75, 3.05) is 6.54 Å². The highest BCUT2D eigenvalue weighted by atomic mass is 16.6. The first-order chi connectivity index (χ1) is 19.3. The first kappa shape index (κ1) is 33.3. The summed E-state index contributed by atoms with van der Waals surface area (Å²) in [6.45, 7) is 11.6. The van der Waals surface area contributed by atoms with Crippen LogP contribution in [0.5, 0.6) is 0 Å². The number of rotatable bonds is 14. The van der Waals surface area contributed by atoms with Gasteiger partial charge < -0.3 is 26.0 Å². The zero-order valence-electron chi connectivity index (χ0n) is 25.3. The Morgan fingerprint density at radius 2 is 1.66 bits per heavy atom. The standard InChI is InChI=1S/C32H46N4O5/c1-7-8-9-13-18-36(30(39)26(20-27(33)37)35-31(40)41-32(4,5)6)28(25-17-16-22(2)19-23(25)3)29(38)34-21-24-14-11-10-12-15-24/h10-12,14-17,19,26,28H,7-9,13,18,20-21H2,1-6H3,(H2,33,37)(H,34,38)(H,35,40). The molecule has 0 radical (unpaired) electrons. The van der Waals surface area contributed by atoms with Gasteiger partial charge in [0.1, 0.15) is 17.7 Å². The number of carbonyl (C=O) groups is 4. The molecule has 224 valence electrons. The minimum Gasteiger partial charge on any atom is -0.444 e. The van der Waals surface area contributed by atoms with Crippen molar-refractivity contribution in [1.29, 1.82) is 0 Å². The molecule has 9 nitrogen and oxygen atoms in total. The number of nitrogens with one attached hydrogen (secondary N) is 2. The second kappa shape index (κ2) is 15.8. The predicted octanol–water partition coefficient (Wildman–Crippen LogP) is 4.84. The van der Waals surface area contributed by atoms with Crippen molar-refractivity contribution in [3.8, 4) is 0 Å². The molecule has 4 amide bonds. The third-order valence-electron chi connectivity index (χ3n) is 6.52.